The molecule has 2 N–H and O–H groups in total. The Balaban J connectivity index is 1.54. The lowest BCUT2D eigenvalue weighted by atomic mass is 9.78. The van der Waals surface area contributed by atoms with Crippen molar-refractivity contribution in [2.24, 2.45) is 11.1 Å². The fourth-order valence-electron chi connectivity index (χ4n) is 4.34. The summed E-state index contributed by atoms with van der Waals surface area (Å²) in [5.74, 6) is -0.791. The Kier molecular flexibility index (Phi) is 5.85. The number of likely N-dealkylation sites (tertiary alicyclic amines) is 1. The van der Waals surface area contributed by atoms with Crippen LogP contribution in [0.25, 0.3) is 11.1 Å². The number of halogens is 1. The van der Waals surface area contributed by atoms with E-state index in [0.717, 1.165) is 22.3 Å². The highest BCUT2D eigenvalue weighted by Crippen LogP contribution is 2.37. The van der Waals surface area contributed by atoms with E-state index in [1.165, 1.54) is 12.1 Å². The van der Waals surface area contributed by atoms with Crippen molar-refractivity contribution in [3.63, 3.8) is 0 Å². The smallest absolute Gasteiger partial charge is 0.227 e. The van der Waals surface area contributed by atoms with Crippen LogP contribution in [-0.2, 0) is 22.4 Å². The van der Waals surface area contributed by atoms with Gasteiger partial charge in [0.25, 0.3) is 0 Å². The van der Waals surface area contributed by atoms with E-state index in [4.69, 9.17) is 5.73 Å². The largest absolute Gasteiger partial charge is 0.369 e. The van der Waals surface area contributed by atoms with Crippen LogP contribution in [0.4, 0.5) is 4.39 Å². The topological polar surface area (TPSA) is 63.4 Å². The zero-order valence-electron chi connectivity index (χ0n) is 17.3. The molecule has 0 spiro atoms. The van der Waals surface area contributed by atoms with Gasteiger partial charge in [-0.2, -0.15) is 0 Å². The summed E-state index contributed by atoms with van der Waals surface area (Å²) in [7, 11) is 0. The molecule has 1 aliphatic rings. The highest BCUT2D eigenvalue weighted by atomic mass is 19.1. The number of benzene rings is 3. The first kappa shape index (κ1) is 20.8. The lowest BCUT2D eigenvalue weighted by molar-refractivity contribution is -0.131. The van der Waals surface area contributed by atoms with Crippen molar-refractivity contribution < 1.29 is 14.0 Å². The first-order chi connectivity index (χ1) is 15.0. The Morgan fingerprint density at radius 2 is 1.61 bits per heavy atom. The van der Waals surface area contributed by atoms with Crippen molar-refractivity contribution >= 4 is 11.8 Å². The monoisotopic (exact) mass is 416 g/mol. The summed E-state index contributed by atoms with van der Waals surface area (Å²) in [6.07, 6.45) is 1.18. The minimum atomic E-state index is -0.802. The number of rotatable bonds is 6. The molecule has 1 atom stereocenters. The van der Waals surface area contributed by atoms with E-state index in [1.807, 2.05) is 54.6 Å². The molecule has 31 heavy (non-hydrogen) atoms. The third-order valence-corrected chi connectivity index (χ3v) is 6.13. The summed E-state index contributed by atoms with van der Waals surface area (Å²) in [4.78, 5) is 27.1. The number of nitrogens with zero attached hydrogens (tertiary/aromatic N) is 1. The van der Waals surface area contributed by atoms with E-state index in [2.05, 4.69) is 0 Å². The average Bonchev–Trinajstić information content (AvgIpc) is 3.22. The second kappa shape index (κ2) is 8.72. The molecular formula is C26H25FN2O2. The molecule has 158 valence electrons. The van der Waals surface area contributed by atoms with Crippen molar-refractivity contribution in [1.29, 1.82) is 0 Å². The molecular weight excluding hydrogens is 391 g/mol. The van der Waals surface area contributed by atoms with Crippen LogP contribution in [0, 0.1) is 11.2 Å². The summed E-state index contributed by atoms with van der Waals surface area (Å²) >= 11 is 0. The molecule has 1 fully saturated rings. The summed E-state index contributed by atoms with van der Waals surface area (Å²) < 4.78 is 13.1. The van der Waals surface area contributed by atoms with Gasteiger partial charge >= 0.3 is 0 Å². The second-order valence-corrected chi connectivity index (χ2v) is 8.21. The highest BCUT2D eigenvalue weighted by molar-refractivity contribution is 5.85. The standard InChI is InChI=1S/C26H25FN2O2/c27-22-12-10-19(11-13-22)16-24(30)29-15-14-26(18-29,25(28)31)17-21-8-4-5-9-23(21)20-6-2-1-3-7-20/h1-13H,14-18H2,(H2,28,31). The van der Waals surface area contributed by atoms with Crippen molar-refractivity contribution in [3.05, 3.63) is 95.8 Å². The number of primary amides is 1. The van der Waals surface area contributed by atoms with E-state index < -0.39 is 5.41 Å². The van der Waals surface area contributed by atoms with E-state index in [-0.39, 0.29) is 24.1 Å². The van der Waals surface area contributed by atoms with Gasteiger partial charge in [0, 0.05) is 13.1 Å². The van der Waals surface area contributed by atoms with E-state index in [9.17, 15) is 14.0 Å². The molecule has 1 saturated heterocycles. The Morgan fingerprint density at radius 3 is 2.32 bits per heavy atom. The second-order valence-electron chi connectivity index (χ2n) is 8.21. The third kappa shape index (κ3) is 4.50. The first-order valence-corrected chi connectivity index (χ1v) is 10.4. The molecule has 1 heterocycles. The number of hydrogen-bond acceptors (Lipinski definition) is 2. The lowest BCUT2D eigenvalue weighted by Crippen LogP contribution is -2.42. The van der Waals surface area contributed by atoms with Gasteiger partial charge in [-0.15, -0.1) is 0 Å². The highest BCUT2D eigenvalue weighted by Gasteiger charge is 2.45. The molecule has 4 rings (SSSR count). The van der Waals surface area contributed by atoms with Crippen LogP contribution in [0.1, 0.15) is 17.5 Å². The molecule has 0 aromatic heterocycles. The maximum atomic E-state index is 13.1. The molecule has 2 amide bonds. The summed E-state index contributed by atoms with van der Waals surface area (Å²) in [6, 6.07) is 24.0. The number of carbonyl (C=O) groups is 2. The number of nitrogens with two attached hydrogens (primary N) is 1. The van der Waals surface area contributed by atoms with Gasteiger partial charge in [0.15, 0.2) is 0 Å². The zero-order valence-corrected chi connectivity index (χ0v) is 17.3. The molecule has 3 aromatic carbocycles. The van der Waals surface area contributed by atoms with Gasteiger partial charge in [0.05, 0.1) is 11.8 Å². The lowest BCUT2D eigenvalue weighted by Gasteiger charge is -2.27. The van der Waals surface area contributed by atoms with Gasteiger partial charge in [-0.05, 0) is 47.2 Å². The zero-order chi connectivity index (χ0) is 21.8. The third-order valence-electron chi connectivity index (χ3n) is 6.13. The van der Waals surface area contributed by atoms with Crippen LogP contribution in [-0.4, -0.2) is 29.8 Å². The van der Waals surface area contributed by atoms with Crippen LogP contribution in [0.5, 0.6) is 0 Å². The van der Waals surface area contributed by atoms with Crippen molar-refractivity contribution in [1.82, 2.24) is 4.90 Å². The van der Waals surface area contributed by atoms with Gasteiger partial charge in [0.1, 0.15) is 5.82 Å². The van der Waals surface area contributed by atoms with Gasteiger partial charge in [-0.1, -0.05) is 66.7 Å². The Hall–Kier alpha value is -3.47. The molecule has 1 unspecified atom stereocenters. The normalized spacial score (nSPS) is 18.2. The van der Waals surface area contributed by atoms with Crippen molar-refractivity contribution in [2.45, 2.75) is 19.3 Å². The van der Waals surface area contributed by atoms with Crippen LogP contribution in [0.3, 0.4) is 0 Å². The van der Waals surface area contributed by atoms with E-state index >= 15 is 0 Å². The molecule has 3 aromatic rings. The van der Waals surface area contributed by atoms with Crippen LogP contribution < -0.4 is 5.73 Å². The van der Waals surface area contributed by atoms with Crippen LogP contribution in [0.2, 0.25) is 0 Å². The summed E-state index contributed by atoms with van der Waals surface area (Å²) in [6.45, 7) is 0.780. The molecule has 0 saturated carbocycles. The van der Waals surface area contributed by atoms with Crippen LogP contribution in [0.15, 0.2) is 78.9 Å². The predicted octanol–water partition coefficient (Wildman–Crippen LogP) is 3.98. The molecule has 1 aliphatic heterocycles. The quantitative estimate of drug-likeness (QED) is 0.661. The molecule has 0 bridgehead atoms. The van der Waals surface area contributed by atoms with Gasteiger partial charge in [-0.3, -0.25) is 9.59 Å². The SMILES string of the molecule is NC(=O)C1(Cc2ccccc2-c2ccccc2)CCN(C(=O)Cc2ccc(F)cc2)C1. The molecule has 0 radical (unpaired) electrons. The minimum Gasteiger partial charge on any atom is -0.369 e. The van der Waals surface area contributed by atoms with Crippen LogP contribution >= 0.6 is 0 Å². The number of hydrogen-bond donors (Lipinski definition) is 1. The Labute approximate surface area is 181 Å². The fraction of sp³-hybridized carbons (Fsp3) is 0.231. The molecule has 5 heteroatoms. The maximum Gasteiger partial charge on any atom is 0.227 e. The Bertz CT molecular complexity index is 1080. The van der Waals surface area contributed by atoms with Gasteiger partial charge in [-0.25, -0.2) is 4.39 Å². The van der Waals surface area contributed by atoms with Gasteiger partial charge < -0.3 is 10.6 Å². The predicted molar refractivity (Wildman–Crippen MR) is 119 cm³/mol. The molecule has 0 aliphatic carbocycles. The Morgan fingerprint density at radius 1 is 0.935 bits per heavy atom. The number of carbonyl (C=O) groups excluding carboxylic acids is 2. The number of amides is 2. The first-order valence-electron chi connectivity index (χ1n) is 10.4. The maximum absolute atomic E-state index is 13.1. The summed E-state index contributed by atoms with van der Waals surface area (Å²) in [5.41, 5.74) is 9.02. The summed E-state index contributed by atoms with van der Waals surface area (Å²) in [5, 5.41) is 0. The fourth-order valence-corrected chi connectivity index (χ4v) is 4.34. The average molecular weight is 416 g/mol. The van der Waals surface area contributed by atoms with Gasteiger partial charge in [0.2, 0.25) is 11.8 Å². The van der Waals surface area contributed by atoms with Crippen molar-refractivity contribution in [3.8, 4) is 11.1 Å². The minimum absolute atomic E-state index is 0.0777. The van der Waals surface area contributed by atoms with Crippen molar-refractivity contribution in [2.75, 3.05) is 13.1 Å². The van der Waals surface area contributed by atoms with E-state index in [1.54, 1.807) is 17.0 Å². The molecule has 4 nitrogen and oxygen atoms in total. The van der Waals surface area contributed by atoms with E-state index in [0.29, 0.717) is 25.9 Å².